The minimum Gasteiger partial charge on any atom is -0.481 e. The van der Waals surface area contributed by atoms with Gasteiger partial charge in [0.1, 0.15) is 12.2 Å². The van der Waals surface area contributed by atoms with Gasteiger partial charge in [0, 0.05) is 7.11 Å². The molecule has 0 aromatic rings. The summed E-state index contributed by atoms with van der Waals surface area (Å²) in [7, 11) is 0.870. The fourth-order valence-electron chi connectivity index (χ4n) is 5.15. The molecule has 0 spiro atoms. The van der Waals surface area contributed by atoms with Crippen molar-refractivity contribution in [2.24, 2.45) is 29.1 Å². The molecular weight excluding hydrogens is 358 g/mol. The van der Waals surface area contributed by atoms with Crippen molar-refractivity contribution in [3.63, 3.8) is 0 Å². The number of fused-ring (bicyclic) bond motifs is 5. The predicted octanol–water partition coefficient (Wildman–Crippen LogP) is 3.38. The molecule has 2 fully saturated rings. The van der Waals surface area contributed by atoms with Gasteiger partial charge in [-0.3, -0.25) is 4.79 Å². The summed E-state index contributed by atoms with van der Waals surface area (Å²) in [6.07, 6.45) is -9.04. The summed E-state index contributed by atoms with van der Waals surface area (Å²) in [6.45, 7) is -1.32. The highest BCUT2D eigenvalue weighted by Gasteiger charge is 2.89. The van der Waals surface area contributed by atoms with Crippen LogP contribution in [0.1, 0.15) is 12.8 Å². The van der Waals surface area contributed by atoms with Gasteiger partial charge in [-0.15, -0.1) is 0 Å². The van der Waals surface area contributed by atoms with Crippen molar-refractivity contribution in [3.8, 4) is 0 Å². The Hall–Kier alpha value is -1.29. The summed E-state index contributed by atoms with van der Waals surface area (Å²) < 4.78 is 91.2. The van der Waals surface area contributed by atoms with E-state index in [2.05, 4.69) is 9.47 Å². The minimum atomic E-state index is -5.97. The summed E-state index contributed by atoms with van der Waals surface area (Å²) in [5, 5.41) is 9.58. The van der Waals surface area contributed by atoms with E-state index in [1.165, 1.54) is 6.08 Å². The number of carboxylic acids is 1. The van der Waals surface area contributed by atoms with Gasteiger partial charge in [0.05, 0.1) is 0 Å². The number of carboxylic acid groups (broad SMARTS) is 1. The molecule has 3 rings (SSSR count). The number of hydrogen-bond acceptors (Lipinski definition) is 3. The quantitative estimate of drug-likeness (QED) is 0.455. The number of allylic oxidation sites excluding steroid dienone is 2. The zero-order valence-electron chi connectivity index (χ0n) is 13.0. The number of alkyl halides is 6. The Morgan fingerprint density at radius 3 is 2.16 bits per heavy atom. The van der Waals surface area contributed by atoms with Crippen LogP contribution in [0.2, 0.25) is 0 Å². The van der Waals surface area contributed by atoms with Crippen LogP contribution in [0.3, 0.4) is 0 Å². The number of rotatable bonds is 5. The molecule has 2 saturated carbocycles. The molecule has 0 aromatic carbocycles. The topological polar surface area (TPSA) is 55.8 Å². The second kappa shape index (κ2) is 5.35. The van der Waals surface area contributed by atoms with Gasteiger partial charge >= 0.3 is 18.3 Å². The van der Waals surface area contributed by atoms with Gasteiger partial charge in [0.25, 0.3) is 5.60 Å². The summed E-state index contributed by atoms with van der Waals surface area (Å²) in [4.78, 5) is 11.9. The second-order valence-corrected chi connectivity index (χ2v) is 6.85. The van der Waals surface area contributed by atoms with Gasteiger partial charge in [-0.05, 0) is 36.5 Å². The van der Waals surface area contributed by atoms with Gasteiger partial charge in [-0.1, -0.05) is 12.2 Å². The van der Waals surface area contributed by atoms with E-state index in [-0.39, 0.29) is 5.92 Å². The second-order valence-electron chi connectivity index (χ2n) is 6.85. The molecule has 0 radical (unpaired) electrons. The first-order chi connectivity index (χ1) is 11.4. The maximum Gasteiger partial charge on any atom is 0.427 e. The molecule has 0 aliphatic heterocycles. The minimum absolute atomic E-state index is 0.177. The molecule has 10 heteroatoms. The predicted molar refractivity (Wildman–Crippen MR) is 70.2 cm³/mol. The first-order valence-electron chi connectivity index (χ1n) is 7.62. The molecule has 0 amide bonds. The third kappa shape index (κ3) is 2.06. The van der Waals surface area contributed by atoms with E-state index in [1.54, 1.807) is 6.08 Å². The molecule has 25 heavy (non-hydrogen) atoms. The lowest BCUT2D eigenvalue weighted by atomic mass is 9.44. The Kier molecular flexibility index (Phi) is 3.96. The molecule has 4 nitrogen and oxygen atoms in total. The number of aliphatic carboxylic acids is 1. The van der Waals surface area contributed by atoms with E-state index in [9.17, 15) is 36.2 Å². The van der Waals surface area contributed by atoms with Crippen LogP contribution in [0.4, 0.5) is 26.3 Å². The van der Waals surface area contributed by atoms with E-state index in [4.69, 9.17) is 0 Å². The molecular formula is C15H16F6O4. The van der Waals surface area contributed by atoms with Gasteiger partial charge in [-0.25, -0.2) is 0 Å². The third-order valence-electron chi connectivity index (χ3n) is 5.95. The SMILES string of the molecule is COCOC(C(F)(F)F)(C(F)(F)F)C1(C(=O)O)CC2C3C=CC(C3)C21. The number of halogens is 6. The molecule has 3 aliphatic carbocycles. The van der Waals surface area contributed by atoms with Gasteiger partial charge < -0.3 is 14.6 Å². The van der Waals surface area contributed by atoms with Crippen molar-refractivity contribution in [3.05, 3.63) is 12.2 Å². The standard InChI is InChI=1S/C15H16F6O4/c1-24-6-25-13(14(16,17)18,15(19,20)21)12(11(22)23)5-9-7-2-3-8(4-7)10(9)12/h2-3,7-10H,4-6H2,1H3,(H,22,23). The Bertz CT molecular complexity index is 584. The highest BCUT2D eigenvalue weighted by molar-refractivity contribution is 5.79. The maximum absolute atomic E-state index is 13.8. The summed E-state index contributed by atoms with van der Waals surface area (Å²) in [6, 6.07) is 0. The van der Waals surface area contributed by atoms with Crippen LogP contribution in [0, 0.1) is 29.1 Å². The monoisotopic (exact) mass is 374 g/mol. The Balaban J connectivity index is 2.19. The lowest BCUT2D eigenvalue weighted by Gasteiger charge is -2.61. The summed E-state index contributed by atoms with van der Waals surface area (Å²) >= 11 is 0. The summed E-state index contributed by atoms with van der Waals surface area (Å²) in [5.74, 6) is -4.74. The van der Waals surface area contributed by atoms with Crippen LogP contribution in [-0.2, 0) is 14.3 Å². The average molecular weight is 374 g/mol. The van der Waals surface area contributed by atoms with Gasteiger partial charge in [0.15, 0.2) is 0 Å². The molecule has 142 valence electrons. The van der Waals surface area contributed by atoms with Gasteiger partial charge in [0.2, 0.25) is 0 Å². The van der Waals surface area contributed by atoms with Crippen LogP contribution >= 0.6 is 0 Å². The van der Waals surface area contributed by atoms with E-state index < -0.39 is 60.3 Å². The molecule has 1 N–H and O–H groups in total. The Labute approximate surface area is 138 Å². The molecule has 5 atom stereocenters. The zero-order chi connectivity index (χ0) is 18.8. The van der Waals surface area contributed by atoms with E-state index in [0.29, 0.717) is 6.42 Å². The van der Waals surface area contributed by atoms with Crippen molar-refractivity contribution in [1.29, 1.82) is 0 Å². The smallest absolute Gasteiger partial charge is 0.427 e. The molecule has 0 aromatic heterocycles. The van der Waals surface area contributed by atoms with Crippen molar-refractivity contribution in [2.45, 2.75) is 30.8 Å². The first kappa shape index (κ1) is 18.5. The van der Waals surface area contributed by atoms with Crippen molar-refractivity contribution in [1.82, 2.24) is 0 Å². The van der Waals surface area contributed by atoms with Crippen molar-refractivity contribution < 1.29 is 45.7 Å². The Morgan fingerprint density at radius 1 is 1.16 bits per heavy atom. The fourth-order valence-corrected chi connectivity index (χ4v) is 5.15. The number of ether oxygens (including phenoxy) is 2. The molecule has 5 unspecified atom stereocenters. The van der Waals surface area contributed by atoms with Crippen molar-refractivity contribution >= 4 is 5.97 Å². The van der Waals surface area contributed by atoms with Crippen LogP contribution in [0.25, 0.3) is 0 Å². The van der Waals surface area contributed by atoms with E-state index in [1.807, 2.05) is 0 Å². The van der Waals surface area contributed by atoms with Crippen LogP contribution in [0.15, 0.2) is 12.2 Å². The van der Waals surface area contributed by atoms with Crippen LogP contribution in [0.5, 0.6) is 0 Å². The largest absolute Gasteiger partial charge is 0.481 e. The Morgan fingerprint density at radius 2 is 1.72 bits per heavy atom. The number of hydrogen-bond donors (Lipinski definition) is 1. The lowest BCUT2D eigenvalue weighted by Crippen LogP contribution is -2.78. The molecule has 3 aliphatic rings. The lowest BCUT2D eigenvalue weighted by molar-refractivity contribution is -0.440. The highest BCUT2D eigenvalue weighted by Crippen LogP contribution is 2.74. The van der Waals surface area contributed by atoms with Gasteiger partial charge in [-0.2, -0.15) is 26.3 Å². The maximum atomic E-state index is 13.8. The fraction of sp³-hybridized carbons (Fsp3) is 0.800. The average Bonchev–Trinajstić information content (AvgIpc) is 2.96. The normalized spacial score (nSPS) is 37.1. The number of carbonyl (C=O) groups is 1. The molecule has 2 bridgehead atoms. The first-order valence-corrected chi connectivity index (χ1v) is 7.62. The highest BCUT2D eigenvalue weighted by atomic mass is 19.4. The molecule has 0 saturated heterocycles. The summed E-state index contributed by atoms with van der Waals surface area (Å²) in [5.41, 5.74) is -7.95. The zero-order valence-corrected chi connectivity index (χ0v) is 13.0. The molecule has 0 heterocycles. The van der Waals surface area contributed by atoms with Crippen LogP contribution < -0.4 is 0 Å². The van der Waals surface area contributed by atoms with Crippen molar-refractivity contribution in [2.75, 3.05) is 13.9 Å². The third-order valence-corrected chi connectivity index (χ3v) is 5.95. The number of methoxy groups -OCH3 is 1. The van der Waals surface area contributed by atoms with Crippen LogP contribution in [-0.4, -0.2) is 42.9 Å². The van der Waals surface area contributed by atoms with E-state index >= 15 is 0 Å². The van der Waals surface area contributed by atoms with E-state index in [0.717, 1.165) is 7.11 Å².